The van der Waals surface area contributed by atoms with Crippen LogP contribution in [0.25, 0.3) is 0 Å². The summed E-state index contributed by atoms with van der Waals surface area (Å²) in [5, 5.41) is 0. The molecule has 4 nitrogen and oxygen atoms in total. The highest BCUT2D eigenvalue weighted by molar-refractivity contribution is 5.94. The molecule has 0 aliphatic heterocycles. The smallest absolute Gasteiger partial charge is 0.416 e. The van der Waals surface area contributed by atoms with Gasteiger partial charge in [0.2, 0.25) is 5.88 Å². The lowest BCUT2D eigenvalue weighted by Gasteiger charge is -2.24. The first-order chi connectivity index (χ1) is 12.4. The number of hydrogen-bond acceptors (Lipinski definition) is 3. The summed E-state index contributed by atoms with van der Waals surface area (Å²) in [5.41, 5.74) is -0.248. The van der Waals surface area contributed by atoms with Gasteiger partial charge in [-0.05, 0) is 37.5 Å². The van der Waals surface area contributed by atoms with Crippen molar-refractivity contribution < 1.29 is 22.7 Å². The summed E-state index contributed by atoms with van der Waals surface area (Å²) in [6.07, 6.45) is -1.40. The summed E-state index contributed by atoms with van der Waals surface area (Å²) >= 11 is 0. The maximum Gasteiger partial charge on any atom is 0.416 e. The van der Waals surface area contributed by atoms with E-state index in [1.54, 1.807) is 19.1 Å². The second-order valence-corrected chi connectivity index (χ2v) is 6.13. The van der Waals surface area contributed by atoms with E-state index in [0.717, 1.165) is 18.9 Å². The minimum atomic E-state index is -4.45. The molecule has 1 aliphatic rings. The molecule has 0 spiro atoms. The van der Waals surface area contributed by atoms with Gasteiger partial charge < -0.3 is 9.64 Å². The van der Waals surface area contributed by atoms with Gasteiger partial charge in [-0.15, -0.1) is 0 Å². The van der Waals surface area contributed by atoms with Gasteiger partial charge in [-0.2, -0.15) is 13.2 Å². The largest absolute Gasteiger partial charge is 0.478 e. The molecule has 0 atom stereocenters. The van der Waals surface area contributed by atoms with Crippen LogP contribution < -0.4 is 4.74 Å². The molecule has 1 saturated carbocycles. The normalized spacial score (nSPS) is 14.2. The predicted octanol–water partition coefficient (Wildman–Crippen LogP) is 4.30. The Hall–Kier alpha value is -2.57. The first-order valence-electron chi connectivity index (χ1n) is 8.45. The highest BCUT2D eigenvalue weighted by Crippen LogP contribution is 2.35. The fourth-order valence-corrected chi connectivity index (χ4v) is 2.81. The van der Waals surface area contributed by atoms with Crippen LogP contribution in [0.5, 0.6) is 5.88 Å². The van der Waals surface area contributed by atoms with E-state index in [1.165, 1.54) is 29.3 Å². The number of halogens is 3. The van der Waals surface area contributed by atoms with Crippen molar-refractivity contribution in [3.05, 3.63) is 59.3 Å². The van der Waals surface area contributed by atoms with Gasteiger partial charge >= 0.3 is 6.18 Å². The molecular formula is C19H19F3N2O2. The number of carbonyl (C=O) groups is 1. The van der Waals surface area contributed by atoms with Crippen molar-refractivity contribution in [2.75, 3.05) is 6.61 Å². The number of carbonyl (C=O) groups excluding carboxylic acids is 1. The fourth-order valence-electron chi connectivity index (χ4n) is 2.81. The third-order valence-electron chi connectivity index (χ3n) is 4.19. The Bertz CT molecular complexity index is 788. The summed E-state index contributed by atoms with van der Waals surface area (Å²) in [7, 11) is 0. The molecule has 0 bridgehead atoms. The second kappa shape index (κ2) is 7.35. The summed E-state index contributed by atoms with van der Waals surface area (Å²) in [4.78, 5) is 18.4. The molecule has 0 saturated heterocycles. The van der Waals surface area contributed by atoms with Crippen LogP contribution in [0.2, 0.25) is 0 Å². The standard InChI is InChI=1S/C19H19F3N2O2/c1-2-26-17-11-13(9-10-23-17)18(25)24(15-7-8-15)12-14-5-3-4-6-16(14)19(20,21)22/h3-6,9-11,15H,2,7-8,12H2,1H3. The van der Waals surface area contributed by atoms with E-state index in [0.29, 0.717) is 18.1 Å². The van der Waals surface area contributed by atoms with E-state index >= 15 is 0 Å². The maximum atomic E-state index is 13.2. The predicted molar refractivity (Wildman–Crippen MR) is 89.7 cm³/mol. The number of benzene rings is 1. The summed E-state index contributed by atoms with van der Waals surface area (Å²) in [5.74, 6) is 0.0117. The number of pyridine rings is 1. The molecule has 1 fully saturated rings. The molecule has 1 aromatic carbocycles. The molecule has 0 unspecified atom stereocenters. The summed E-state index contributed by atoms with van der Waals surface area (Å²) in [6, 6.07) is 8.42. The van der Waals surface area contributed by atoms with Crippen molar-refractivity contribution in [1.29, 1.82) is 0 Å². The van der Waals surface area contributed by atoms with Crippen LogP contribution in [0.1, 0.15) is 41.3 Å². The van der Waals surface area contributed by atoms with Crippen molar-refractivity contribution in [3.63, 3.8) is 0 Å². The van der Waals surface area contributed by atoms with Gasteiger partial charge in [0.05, 0.1) is 12.2 Å². The average molecular weight is 364 g/mol. The summed E-state index contributed by atoms with van der Waals surface area (Å²) < 4.78 is 45.1. The number of hydrogen-bond donors (Lipinski definition) is 0. The Balaban J connectivity index is 1.87. The highest BCUT2D eigenvalue weighted by Gasteiger charge is 2.37. The van der Waals surface area contributed by atoms with E-state index in [-0.39, 0.29) is 24.1 Å². The Morgan fingerprint density at radius 1 is 1.27 bits per heavy atom. The monoisotopic (exact) mass is 364 g/mol. The molecular weight excluding hydrogens is 345 g/mol. The van der Waals surface area contributed by atoms with Crippen LogP contribution >= 0.6 is 0 Å². The Morgan fingerprint density at radius 2 is 2.00 bits per heavy atom. The third kappa shape index (κ3) is 4.15. The molecule has 138 valence electrons. The quantitative estimate of drug-likeness (QED) is 0.767. The molecule has 1 aliphatic carbocycles. The number of amides is 1. The van der Waals surface area contributed by atoms with Gasteiger partial charge in [-0.1, -0.05) is 18.2 Å². The van der Waals surface area contributed by atoms with Crippen molar-refractivity contribution in [1.82, 2.24) is 9.88 Å². The zero-order chi connectivity index (χ0) is 18.7. The van der Waals surface area contributed by atoms with Gasteiger partial charge in [0.1, 0.15) is 0 Å². The second-order valence-electron chi connectivity index (χ2n) is 6.13. The molecule has 1 aromatic heterocycles. The van der Waals surface area contributed by atoms with Gasteiger partial charge in [0.15, 0.2) is 0 Å². The Morgan fingerprint density at radius 3 is 2.65 bits per heavy atom. The molecule has 3 rings (SSSR count). The Kier molecular flexibility index (Phi) is 5.15. The molecule has 0 N–H and O–H groups in total. The minimum absolute atomic E-state index is 0.0347. The first kappa shape index (κ1) is 18.2. The number of ether oxygens (including phenoxy) is 1. The topological polar surface area (TPSA) is 42.4 Å². The molecule has 1 heterocycles. The minimum Gasteiger partial charge on any atom is -0.478 e. The molecule has 1 amide bonds. The van der Waals surface area contributed by atoms with Crippen LogP contribution in [0.4, 0.5) is 13.2 Å². The Labute approximate surface area is 149 Å². The van der Waals surface area contributed by atoms with Crippen LogP contribution in [-0.2, 0) is 12.7 Å². The van der Waals surface area contributed by atoms with Crippen LogP contribution in [0, 0.1) is 0 Å². The fraction of sp³-hybridized carbons (Fsp3) is 0.368. The van der Waals surface area contributed by atoms with Gasteiger partial charge in [-0.3, -0.25) is 4.79 Å². The van der Waals surface area contributed by atoms with Crippen molar-refractivity contribution >= 4 is 5.91 Å². The van der Waals surface area contributed by atoms with Crippen molar-refractivity contribution in [2.45, 2.75) is 38.5 Å². The molecule has 0 radical (unpaired) electrons. The molecule has 7 heteroatoms. The molecule has 26 heavy (non-hydrogen) atoms. The van der Waals surface area contributed by atoms with Crippen molar-refractivity contribution in [3.8, 4) is 5.88 Å². The van der Waals surface area contributed by atoms with E-state index in [1.807, 2.05) is 0 Å². The number of aromatic nitrogens is 1. The average Bonchev–Trinajstić information content (AvgIpc) is 3.44. The van der Waals surface area contributed by atoms with Crippen LogP contribution in [0.3, 0.4) is 0 Å². The lowest BCUT2D eigenvalue weighted by atomic mass is 10.1. The van der Waals surface area contributed by atoms with Crippen LogP contribution in [-0.4, -0.2) is 28.4 Å². The van der Waals surface area contributed by atoms with E-state index in [4.69, 9.17) is 4.74 Å². The highest BCUT2D eigenvalue weighted by atomic mass is 19.4. The maximum absolute atomic E-state index is 13.2. The SMILES string of the molecule is CCOc1cc(C(=O)N(Cc2ccccc2C(F)(F)F)C2CC2)ccn1. The zero-order valence-electron chi connectivity index (χ0n) is 14.3. The number of rotatable bonds is 6. The van der Waals surface area contributed by atoms with Gasteiger partial charge in [-0.25, -0.2) is 4.98 Å². The van der Waals surface area contributed by atoms with E-state index < -0.39 is 11.7 Å². The zero-order valence-corrected chi connectivity index (χ0v) is 14.3. The first-order valence-corrected chi connectivity index (χ1v) is 8.45. The van der Waals surface area contributed by atoms with E-state index in [2.05, 4.69) is 4.98 Å². The lowest BCUT2D eigenvalue weighted by molar-refractivity contribution is -0.138. The molecule has 2 aromatic rings. The number of alkyl halides is 3. The van der Waals surface area contributed by atoms with Crippen molar-refractivity contribution in [2.24, 2.45) is 0 Å². The van der Waals surface area contributed by atoms with Gasteiger partial charge in [0, 0.05) is 30.4 Å². The van der Waals surface area contributed by atoms with Gasteiger partial charge in [0.25, 0.3) is 5.91 Å². The third-order valence-corrected chi connectivity index (χ3v) is 4.19. The number of nitrogens with zero attached hydrogens (tertiary/aromatic N) is 2. The van der Waals surface area contributed by atoms with Crippen LogP contribution in [0.15, 0.2) is 42.6 Å². The van der Waals surface area contributed by atoms with E-state index in [9.17, 15) is 18.0 Å². The lowest BCUT2D eigenvalue weighted by Crippen LogP contribution is -2.33. The summed E-state index contributed by atoms with van der Waals surface area (Å²) in [6.45, 7) is 2.14.